The van der Waals surface area contributed by atoms with E-state index in [0.717, 1.165) is 13.0 Å². The molecule has 1 atom stereocenters. The molecule has 0 saturated heterocycles. The second-order valence-corrected chi connectivity index (χ2v) is 5.48. The van der Waals surface area contributed by atoms with Gasteiger partial charge >= 0.3 is 0 Å². The number of benzene rings is 1. The number of nitrogens with zero attached hydrogens (tertiary/aromatic N) is 1. The maximum Gasteiger partial charge on any atom is 0.147 e. The lowest BCUT2D eigenvalue weighted by Crippen LogP contribution is -2.24. The van der Waals surface area contributed by atoms with Gasteiger partial charge in [-0.2, -0.15) is 0 Å². The van der Waals surface area contributed by atoms with Gasteiger partial charge in [0, 0.05) is 12.5 Å². The minimum absolute atomic E-state index is 0.294. The fraction of sp³-hybridized carbons (Fsp3) is 0.214. The zero-order chi connectivity index (χ0) is 13.4. The van der Waals surface area contributed by atoms with Gasteiger partial charge in [-0.1, -0.05) is 47.5 Å². The van der Waals surface area contributed by atoms with Crippen molar-refractivity contribution in [2.45, 2.75) is 12.3 Å². The van der Waals surface area contributed by atoms with Crippen molar-refractivity contribution in [3.63, 3.8) is 0 Å². The first kappa shape index (κ1) is 12.6. The highest BCUT2D eigenvalue weighted by Crippen LogP contribution is 2.35. The predicted octanol–water partition coefficient (Wildman–Crippen LogP) is 3.72. The molecular weight excluding hydrogens is 281 g/mol. The molecule has 0 spiro atoms. The fourth-order valence-electron chi connectivity index (χ4n) is 2.37. The molecule has 0 amide bonds. The maximum absolute atomic E-state index is 6.08. The SMILES string of the molecule is Nc1nc(NCC2Cc3ccccc32)c(Cl)cc1Cl. The average Bonchev–Trinajstić information content (AvgIpc) is 2.36. The van der Waals surface area contributed by atoms with Gasteiger partial charge in [0.15, 0.2) is 0 Å². The number of nitrogen functional groups attached to an aromatic ring is 1. The van der Waals surface area contributed by atoms with Crippen LogP contribution in [0.1, 0.15) is 17.0 Å². The van der Waals surface area contributed by atoms with Crippen LogP contribution in [-0.4, -0.2) is 11.5 Å². The topological polar surface area (TPSA) is 50.9 Å². The van der Waals surface area contributed by atoms with Crippen LogP contribution in [-0.2, 0) is 6.42 Å². The Morgan fingerprint density at radius 1 is 1.26 bits per heavy atom. The van der Waals surface area contributed by atoms with Gasteiger partial charge in [0.2, 0.25) is 0 Å². The van der Waals surface area contributed by atoms with Crippen molar-refractivity contribution in [3.8, 4) is 0 Å². The molecule has 1 aliphatic rings. The highest BCUT2D eigenvalue weighted by Gasteiger charge is 2.25. The molecule has 0 radical (unpaired) electrons. The lowest BCUT2D eigenvalue weighted by atomic mass is 9.77. The molecule has 3 N–H and O–H groups in total. The standard InChI is InChI=1S/C14H13Cl2N3/c15-11-6-12(16)14(19-13(11)17)18-7-9-5-8-3-1-2-4-10(8)9/h1-4,6,9H,5,7H2,(H3,17,18,19). The first-order chi connectivity index (χ1) is 9.15. The van der Waals surface area contributed by atoms with E-state index in [2.05, 4.69) is 34.6 Å². The van der Waals surface area contributed by atoms with Crippen LogP contribution in [0.5, 0.6) is 0 Å². The molecule has 0 bridgehead atoms. The van der Waals surface area contributed by atoms with E-state index < -0.39 is 0 Å². The predicted molar refractivity (Wildman–Crippen MR) is 80.0 cm³/mol. The van der Waals surface area contributed by atoms with Gasteiger partial charge < -0.3 is 11.1 Å². The molecule has 19 heavy (non-hydrogen) atoms. The number of rotatable bonds is 3. The summed E-state index contributed by atoms with van der Waals surface area (Å²) in [4.78, 5) is 4.16. The van der Waals surface area contributed by atoms with E-state index in [1.165, 1.54) is 11.1 Å². The van der Waals surface area contributed by atoms with Crippen molar-refractivity contribution < 1.29 is 0 Å². The second-order valence-electron chi connectivity index (χ2n) is 4.67. The van der Waals surface area contributed by atoms with Crippen LogP contribution in [0.25, 0.3) is 0 Å². The fourth-order valence-corrected chi connectivity index (χ4v) is 2.79. The van der Waals surface area contributed by atoms with Gasteiger partial charge in [0.1, 0.15) is 11.6 Å². The van der Waals surface area contributed by atoms with Crippen molar-refractivity contribution in [1.82, 2.24) is 4.98 Å². The zero-order valence-electron chi connectivity index (χ0n) is 10.2. The van der Waals surface area contributed by atoms with Crippen LogP contribution in [0.15, 0.2) is 30.3 Å². The average molecular weight is 294 g/mol. The Labute approximate surface area is 121 Å². The molecule has 1 heterocycles. The highest BCUT2D eigenvalue weighted by molar-refractivity contribution is 6.37. The van der Waals surface area contributed by atoms with E-state index in [9.17, 15) is 0 Å². The molecule has 2 aromatic rings. The number of hydrogen-bond acceptors (Lipinski definition) is 3. The van der Waals surface area contributed by atoms with Crippen LogP contribution >= 0.6 is 23.2 Å². The van der Waals surface area contributed by atoms with E-state index in [0.29, 0.717) is 27.6 Å². The largest absolute Gasteiger partial charge is 0.382 e. The summed E-state index contributed by atoms with van der Waals surface area (Å²) < 4.78 is 0. The minimum atomic E-state index is 0.294. The van der Waals surface area contributed by atoms with Gasteiger partial charge in [-0.05, 0) is 23.6 Å². The van der Waals surface area contributed by atoms with Gasteiger partial charge in [-0.25, -0.2) is 4.98 Å². The number of nitrogens with two attached hydrogens (primary N) is 1. The Morgan fingerprint density at radius 2 is 2.05 bits per heavy atom. The van der Waals surface area contributed by atoms with Crippen molar-refractivity contribution in [2.75, 3.05) is 17.6 Å². The molecule has 0 saturated carbocycles. The smallest absolute Gasteiger partial charge is 0.147 e. The van der Waals surface area contributed by atoms with Crippen LogP contribution in [0.2, 0.25) is 10.0 Å². The van der Waals surface area contributed by atoms with Crippen LogP contribution < -0.4 is 11.1 Å². The van der Waals surface area contributed by atoms with Crippen molar-refractivity contribution in [2.24, 2.45) is 0 Å². The number of pyridine rings is 1. The Morgan fingerprint density at radius 3 is 2.84 bits per heavy atom. The minimum Gasteiger partial charge on any atom is -0.382 e. The number of halogens is 2. The van der Waals surface area contributed by atoms with E-state index in [1.54, 1.807) is 6.07 Å². The molecule has 1 aromatic heterocycles. The quantitative estimate of drug-likeness (QED) is 0.907. The van der Waals surface area contributed by atoms with Gasteiger partial charge in [0.05, 0.1) is 10.0 Å². The zero-order valence-corrected chi connectivity index (χ0v) is 11.7. The summed E-state index contributed by atoms with van der Waals surface area (Å²) in [5.74, 6) is 1.39. The highest BCUT2D eigenvalue weighted by atomic mass is 35.5. The first-order valence-electron chi connectivity index (χ1n) is 6.08. The molecule has 1 unspecified atom stereocenters. The Kier molecular flexibility index (Phi) is 3.25. The molecular formula is C14H13Cl2N3. The summed E-state index contributed by atoms with van der Waals surface area (Å²) in [5.41, 5.74) is 8.49. The van der Waals surface area contributed by atoms with Gasteiger partial charge in [-0.3, -0.25) is 0 Å². The molecule has 1 aromatic carbocycles. The van der Waals surface area contributed by atoms with E-state index in [-0.39, 0.29) is 0 Å². The molecule has 3 nitrogen and oxygen atoms in total. The van der Waals surface area contributed by atoms with Crippen molar-refractivity contribution in [3.05, 3.63) is 51.5 Å². The summed E-state index contributed by atoms with van der Waals surface area (Å²) in [6.07, 6.45) is 1.09. The third kappa shape index (κ3) is 2.36. The number of anilines is 2. The van der Waals surface area contributed by atoms with E-state index >= 15 is 0 Å². The van der Waals surface area contributed by atoms with Crippen LogP contribution in [0, 0.1) is 0 Å². The normalized spacial score (nSPS) is 16.6. The maximum atomic E-state index is 6.08. The van der Waals surface area contributed by atoms with Crippen molar-refractivity contribution in [1.29, 1.82) is 0 Å². The van der Waals surface area contributed by atoms with Gasteiger partial charge in [0.25, 0.3) is 0 Å². The van der Waals surface area contributed by atoms with E-state index in [1.807, 2.05) is 0 Å². The number of fused-ring (bicyclic) bond motifs is 1. The van der Waals surface area contributed by atoms with Crippen molar-refractivity contribution >= 4 is 34.8 Å². The summed E-state index contributed by atoms with van der Waals surface area (Å²) in [5, 5.41) is 4.11. The first-order valence-corrected chi connectivity index (χ1v) is 6.84. The molecule has 98 valence electrons. The lowest BCUT2D eigenvalue weighted by Gasteiger charge is -2.30. The lowest BCUT2D eigenvalue weighted by molar-refractivity contribution is 0.635. The monoisotopic (exact) mass is 293 g/mol. The second kappa shape index (κ2) is 4.91. The molecule has 5 heteroatoms. The molecule has 0 aliphatic heterocycles. The third-order valence-corrected chi connectivity index (χ3v) is 4.02. The Hall–Kier alpha value is -1.45. The van der Waals surface area contributed by atoms with E-state index in [4.69, 9.17) is 28.9 Å². The van der Waals surface area contributed by atoms with Gasteiger partial charge in [-0.15, -0.1) is 0 Å². The number of nitrogens with one attached hydrogen (secondary N) is 1. The summed E-state index contributed by atoms with van der Waals surface area (Å²) >= 11 is 11.9. The molecule has 1 aliphatic carbocycles. The number of aromatic nitrogens is 1. The van der Waals surface area contributed by atoms with Crippen LogP contribution in [0.4, 0.5) is 11.6 Å². The Balaban J connectivity index is 1.70. The summed E-state index contributed by atoms with van der Waals surface area (Å²) in [7, 11) is 0. The summed E-state index contributed by atoms with van der Waals surface area (Å²) in [6.45, 7) is 0.796. The third-order valence-electron chi connectivity index (χ3n) is 3.43. The molecule has 3 rings (SSSR count). The van der Waals surface area contributed by atoms with Crippen LogP contribution in [0.3, 0.4) is 0 Å². The number of hydrogen-bond donors (Lipinski definition) is 2. The summed E-state index contributed by atoms with van der Waals surface area (Å²) in [6, 6.07) is 10.1. The molecule has 0 fully saturated rings. The Bertz CT molecular complexity index is 628.